The molecule has 0 amide bonds. The number of hydrogen-bond donors (Lipinski definition) is 0. The van der Waals surface area contributed by atoms with Crippen LogP contribution in [0.25, 0.3) is 0 Å². The Morgan fingerprint density at radius 1 is 1.44 bits per heavy atom. The first-order valence-electron chi connectivity index (χ1n) is 5.41. The predicted octanol–water partition coefficient (Wildman–Crippen LogP) is 3.40. The van der Waals surface area contributed by atoms with Gasteiger partial charge in [0.2, 0.25) is 5.75 Å². The maximum absolute atomic E-state index is 10.9. The summed E-state index contributed by atoms with van der Waals surface area (Å²) in [6, 6.07) is 4.46. The highest BCUT2D eigenvalue weighted by molar-refractivity contribution is 9.09. The van der Waals surface area contributed by atoms with Gasteiger partial charge in [-0.15, -0.1) is 0 Å². The van der Waals surface area contributed by atoms with Gasteiger partial charge in [-0.3, -0.25) is 10.1 Å². The molecule has 0 atom stereocenters. The zero-order valence-electron chi connectivity index (χ0n) is 10.6. The fraction of sp³-hybridized carbons (Fsp3) is 0.500. The number of nitro groups is 1. The standard InChI is InChI=1S/C12H16BrNO4/c1-12(2,7-13)8-18-11-6-9(17-3)4-5-10(11)14(15)16/h4-6H,7-8H2,1-3H3. The van der Waals surface area contributed by atoms with Crippen LogP contribution in [-0.4, -0.2) is 24.0 Å². The van der Waals surface area contributed by atoms with Crippen molar-refractivity contribution in [3.05, 3.63) is 28.3 Å². The van der Waals surface area contributed by atoms with E-state index in [1.165, 1.54) is 19.2 Å². The molecule has 0 saturated heterocycles. The summed E-state index contributed by atoms with van der Waals surface area (Å²) >= 11 is 3.38. The van der Waals surface area contributed by atoms with Crippen molar-refractivity contribution in [2.45, 2.75) is 13.8 Å². The van der Waals surface area contributed by atoms with E-state index < -0.39 is 4.92 Å². The van der Waals surface area contributed by atoms with Crippen LogP contribution in [0.1, 0.15) is 13.8 Å². The number of nitrogens with zero attached hydrogens (tertiary/aromatic N) is 1. The first kappa shape index (κ1) is 14.8. The third-order valence-corrected chi connectivity index (χ3v) is 3.86. The largest absolute Gasteiger partial charge is 0.497 e. The van der Waals surface area contributed by atoms with Crippen molar-refractivity contribution in [2.75, 3.05) is 19.0 Å². The van der Waals surface area contributed by atoms with Gasteiger partial charge in [0, 0.05) is 22.9 Å². The lowest BCUT2D eigenvalue weighted by Gasteiger charge is -2.21. The van der Waals surface area contributed by atoms with Gasteiger partial charge >= 0.3 is 5.69 Å². The molecule has 0 N–H and O–H groups in total. The minimum Gasteiger partial charge on any atom is -0.497 e. The topological polar surface area (TPSA) is 61.6 Å². The van der Waals surface area contributed by atoms with E-state index in [1.807, 2.05) is 13.8 Å². The summed E-state index contributed by atoms with van der Waals surface area (Å²) in [5, 5.41) is 11.6. The fourth-order valence-electron chi connectivity index (χ4n) is 1.20. The van der Waals surface area contributed by atoms with Crippen LogP contribution in [0.3, 0.4) is 0 Å². The molecule has 0 aliphatic heterocycles. The van der Waals surface area contributed by atoms with Gasteiger partial charge in [0.1, 0.15) is 5.75 Å². The molecule has 0 aromatic heterocycles. The molecule has 18 heavy (non-hydrogen) atoms. The number of halogens is 1. The van der Waals surface area contributed by atoms with E-state index >= 15 is 0 Å². The monoisotopic (exact) mass is 317 g/mol. The number of rotatable bonds is 6. The predicted molar refractivity (Wildman–Crippen MR) is 72.7 cm³/mol. The van der Waals surface area contributed by atoms with Crippen LogP contribution in [-0.2, 0) is 0 Å². The van der Waals surface area contributed by atoms with Crippen LogP contribution in [0.4, 0.5) is 5.69 Å². The maximum Gasteiger partial charge on any atom is 0.311 e. The summed E-state index contributed by atoms with van der Waals surface area (Å²) in [7, 11) is 1.51. The summed E-state index contributed by atoms with van der Waals surface area (Å²) in [6.07, 6.45) is 0. The van der Waals surface area contributed by atoms with Crippen LogP contribution in [0.2, 0.25) is 0 Å². The quantitative estimate of drug-likeness (QED) is 0.458. The highest BCUT2D eigenvalue weighted by atomic mass is 79.9. The SMILES string of the molecule is COc1ccc([N+](=O)[O-])c(OCC(C)(C)CBr)c1. The molecule has 0 aliphatic rings. The molecular weight excluding hydrogens is 302 g/mol. The van der Waals surface area contributed by atoms with E-state index in [-0.39, 0.29) is 16.9 Å². The molecule has 0 fully saturated rings. The van der Waals surface area contributed by atoms with E-state index in [9.17, 15) is 10.1 Å². The summed E-state index contributed by atoms with van der Waals surface area (Å²) in [5.74, 6) is 0.764. The molecule has 6 heteroatoms. The molecule has 0 radical (unpaired) electrons. The Morgan fingerprint density at radius 2 is 2.11 bits per heavy atom. The molecule has 100 valence electrons. The van der Waals surface area contributed by atoms with E-state index in [1.54, 1.807) is 6.07 Å². The van der Waals surface area contributed by atoms with E-state index in [4.69, 9.17) is 9.47 Å². The highest BCUT2D eigenvalue weighted by Crippen LogP contribution is 2.32. The average molecular weight is 318 g/mol. The molecular formula is C12H16BrNO4. The van der Waals surface area contributed by atoms with Crippen molar-refractivity contribution >= 4 is 21.6 Å². The van der Waals surface area contributed by atoms with Gasteiger partial charge in [-0.05, 0) is 6.07 Å². The second-order valence-corrected chi connectivity index (χ2v) is 5.24. The fourth-order valence-corrected chi connectivity index (χ4v) is 1.36. The van der Waals surface area contributed by atoms with Crippen molar-refractivity contribution in [2.24, 2.45) is 5.41 Å². The number of ether oxygens (including phenoxy) is 2. The minimum absolute atomic E-state index is 0.0545. The van der Waals surface area contributed by atoms with E-state index in [2.05, 4.69) is 15.9 Å². The second-order valence-electron chi connectivity index (χ2n) is 4.68. The number of methoxy groups -OCH3 is 1. The van der Waals surface area contributed by atoms with Gasteiger partial charge in [0.05, 0.1) is 18.6 Å². The van der Waals surface area contributed by atoms with Crippen molar-refractivity contribution < 1.29 is 14.4 Å². The third-order valence-electron chi connectivity index (χ3n) is 2.34. The Labute approximate surface area is 114 Å². The Bertz CT molecular complexity index is 434. The van der Waals surface area contributed by atoms with Crippen LogP contribution in [0, 0.1) is 15.5 Å². The number of hydrogen-bond acceptors (Lipinski definition) is 4. The molecule has 5 nitrogen and oxygen atoms in total. The molecule has 0 spiro atoms. The molecule has 0 unspecified atom stereocenters. The van der Waals surface area contributed by atoms with Crippen molar-refractivity contribution in [3.63, 3.8) is 0 Å². The van der Waals surface area contributed by atoms with E-state index in [0.29, 0.717) is 12.4 Å². The van der Waals surface area contributed by atoms with Crippen LogP contribution in [0.15, 0.2) is 18.2 Å². The van der Waals surface area contributed by atoms with Crippen molar-refractivity contribution in [3.8, 4) is 11.5 Å². The Balaban J connectivity index is 2.94. The maximum atomic E-state index is 10.9. The number of benzene rings is 1. The van der Waals surface area contributed by atoms with Crippen LogP contribution < -0.4 is 9.47 Å². The van der Waals surface area contributed by atoms with Gasteiger partial charge in [0.15, 0.2) is 0 Å². The van der Waals surface area contributed by atoms with Crippen molar-refractivity contribution in [1.29, 1.82) is 0 Å². The lowest BCUT2D eigenvalue weighted by molar-refractivity contribution is -0.386. The van der Waals surface area contributed by atoms with Gasteiger partial charge in [-0.1, -0.05) is 29.8 Å². The summed E-state index contributed by atoms with van der Waals surface area (Å²) in [6.45, 7) is 4.40. The van der Waals surface area contributed by atoms with Crippen molar-refractivity contribution in [1.82, 2.24) is 0 Å². The molecule has 1 rings (SSSR count). The Hall–Kier alpha value is -1.30. The van der Waals surface area contributed by atoms with Crippen LogP contribution in [0.5, 0.6) is 11.5 Å². The first-order chi connectivity index (χ1) is 8.39. The Morgan fingerprint density at radius 3 is 2.61 bits per heavy atom. The van der Waals surface area contributed by atoms with Gasteiger partial charge in [0.25, 0.3) is 0 Å². The Kier molecular flexibility index (Phi) is 4.95. The zero-order valence-corrected chi connectivity index (χ0v) is 12.2. The lowest BCUT2D eigenvalue weighted by Crippen LogP contribution is -2.23. The average Bonchev–Trinajstić information content (AvgIpc) is 2.36. The molecule has 0 aliphatic carbocycles. The van der Waals surface area contributed by atoms with Crippen LogP contribution >= 0.6 is 15.9 Å². The number of alkyl halides is 1. The van der Waals surface area contributed by atoms with Gasteiger partial charge in [-0.2, -0.15) is 0 Å². The highest BCUT2D eigenvalue weighted by Gasteiger charge is 2.21. The zero-order chi connectivity index (χ0) is 13.8. The summed E-state index contributed by atoms with van der Waals surface area (Å²) in [5.41, 5.74) is -0.155. The third kappa shape index (κ3) is 3.87. The summed E-state index contributed by atoms with van der Waals surface area (Å²) in [4.78, 5) is 10.4. The van der Waals surface area contributed by atoms with E-state index in [0.717, 1.165) is 5.33 Å². The molecule has 0 saturated carbocycles. The molecule has 0 heterocycles. The molecule has 0 bridgehead atoms. The number of nitro benzene ring substituents is 1. The first-order valence-corrected chi connectivity index (χ1v) is 6.53. The smallest absolute Gasteiger partial charge is 0.311 e. The van der Waals surface area contributed by atoms with Gasteiger partial charge in [-0.25, -0.2) is 0 Å². The lowest BCUT2D eigenvalue weighted by atomic mass is 9.98. The normalized spacial score (nSPS) is 11.1. The second kappa shape index (κ2) is 6.04. The van der Waals surface area contributed by atoms with Gasteiger partial charge < -0.3 is 9.47 Å². The molecule has 1 aromatic carbocycles. The molecule has 1 aromatic rings. The minimum atomic E-state index is -0.462. The summed E-state index contributed by atoms with van der Waals surface area (Å²) < 4.78 is 10.6.